The maximum atomic E-state index is 12.8. The van der Waals surface area contributed by atoms with Gasteiger partial charge in [-0.15, -0.1) is 0 Å². The van der Waals surface area contributed by atoms with E-state index in [2.05, 4.69) is 10.1 Å². The monoisotopic (exact) mass is 545 g/mol. The lowest BCUT2D eigenvalue weighted by molar-refractivity contribution is -0.386. The fourth-order valence-electron chi connectivity index (χ4n) is 3.39. The summed E-state index contributed by atoms with van der Waals surface area (Å²) in [5.74, 6) is -1.27. The number of amides is 3. The Balaban J connectivity index is 1.50. The summed E-state index contributed by atoms with van der Waals surface area (Å²) in [4.78, 5) is 48.6. The molecule has 3 amide bonds. The van der Waals surface area contributed by atoms with E-state index in [0.717, 1.165) is 4.90 Å². The molecule has 1 aliphatic heterocycles. The molecule has 3 aromatic rings. The Morgan fingerprint density at radius 2 is 1.92 bits per heavy atom. The fourth-order valence-corrected chi connectivity index (χ4v) is 3.71. The predicted molar refractivity (Wildman–Crippen MR) is 131 cm³/mol. The zero-order valence-corrected chi connectivity index (χ0v) is 20.5. The average molecular weight is 546 g/mol. The molecule has 0 radical (unpaired) electrons. The molecular formula is C24H17Cl2N3O8. The number of nitrogens with zero attached hydrogens (tertiary/aromatic N) is 2. The number of methoxy groups -OCH3 is 1. The van der Waals surface area contributed by atoms with Crippen molar-refractivity contribution in [2.75, 3.05) is 7.11 Å². The highest BCUT2D eigenvalue weighted by molar-refractivity contribution is 6.42. The Labute approximate surface area is 219 Å². The van der Waals surface area contributed by atoms with Gasteiger partial charge in [-0.3, -0.25) is 19.8 Å². The van der Waals surface area contributed by atoms with Crippen LogP contribution in [0.3, 0.4) is 0 Å². The van der Waals surface area contributed by atoms with Crippen LogP contribution in [0.4, 0.5) is 10.5 Å². The number of benzene rings is 2. The number of nitro benzene ring substituents is 1. The Kier molecular flexibility index (Phi) is 7.46. The molecule has 0 aliphatic carbocycles. The Hall–Kier alpha value is -4.35. The van der Waals surface area contributed by atoms with E-state index in [1.54, 1.807) is 18.2 Å². The Morgan fingerprint density at radius 3 is 2.62 bits per heavy atom. The summed E-state index contributed by atoms with van der Waals surface area (Å²) in [6.45, 7) is -0.229. The van der Waals surface area contributed by atoms with Crippen LogP contribution in [0.1, 0.15) is 27.4 Å². The Bertz CT molecular complexity index is 1450. The van der Waals surface area contributed by atoms with E-state index in [9.17, 15) is 24.5 Å². The quantitative estimate of drug-likeness (QED) is 0.138. The molecule has 1 saturated heterocycles. The van der Waals surface area contributed by atoms with E-state index in [1.165, 1.54) is 43.5 Å². The molecule has 1 N–H and O–H groups in total. The van der Waals surface area contributed by atoms with Crippen LogP contribution in [0, 0.1) is 10.1 Å². The largest absolute Gasteiger partial charge is 0.482 e. The molecule has 0 spiro atoms. The zero-order chi connectivity index (χ0) is 26.7. The fraction of sp³-hybridized carbons (Fsp3) is 0.125. The number of carbonyl (C=O) groups is 3. The van der Waals surface area contributed by atoms with Gasteiger partial charge in [0, 0.05) is 6.07 Å². The van der Waals surface area contributed by atoms with Crippen LogP contribution in [0.5, 0.6) is 5.75 Å². The smallest absolute Gasteiger partial charge is 0.373 e. The summed E-state index contributed by atoms with van der Waals surface area (Å²) in [5.41, 5.74) is 0.507. The zero-order valence-electron chi connectivity index (χ0n) is 19.0. The van der Waals surface area contributed by atoms with Crippen molar-refractivity contribution in [3.8, 4) is 5.75 Å². The highest BCUT2D eigenvalue weighted by atomic mass is 35.5. The van der Waals surface area contributed by atoms with Gasteiger partial charge in [0.15, 0.2) is 5.75 Å². The lowest BCUT2D eigenvalue weighted by Gasteiger charge is -2.09. The molecule has 0 bridgehead atoms. The lowest BCUT2D eigenvalue weighted by atomic mass is 10.1. The van der Waals surface area contributed by atoms with Crippen molar-refractivity contribution in [2.24, 2.45) is 0 Å². The molecule has 2 heterocycles. The first-order valence-corrected chi connectivity index (χ1v) is 11.3. The molecule has 0 unspecified atom stereocenters. The van der Waals surface area contributed by atoms with Crippen LogP contribution in [-0.2, 0) is 22.7 Å². The normalized spacial score (nSPS) is 14.1. The van der Waals surface area contributed by atoms with E-state index < -0.39 is 22.8 Å². The summed E-state index contributed by atoms with van der Waals surface area (Å²) >= 11 is 11.9. The van der Waals surface area contributed by atoms with Gasteiger partial charge >= 0.3 is 17.7 Å². The summed E-state index contributed by atoms with van der Waals surface area (Å²) in [7, 11) is 1.19. The maximum Gasteiger partial charge on any atom is 0.373 e. The summed E-state index contributed by atoms with van der Waals surface area (Å²) in [6, 6.07) is 11.0. The highest BCUT2D eigenvalue weighted by Gasteiger charge is 2.34. The molecule has 0 atom stereocenters. The standard InChI is InChI=1S/C24H17Cl2N3O8/c1-35-23(31)21-7-4-15(37-21)11-28-22(30)18(27-24(28)32)9-13-3-6-20(19(10-13)29(33)34)36-12-14-2-5-16(25)17(26)8-14/h2-10H,11-12H2,1H3,(H,27,32)/b18-9-. The highest BCUT2D eigenvalue weighted by Crippen LogP contribution is 2.31. The van der Waals surface area contributed by atoms with Crippen molar-refractivity contribution in [3.05, 3.63) is 97.0 Å². The van der Waals surface area contributed by atoms with Gasteiger partial charge in [0.1, 0.15) is 18.1 Å². The summed E-state index contributed by atoms with van der Waals surface area (Å²) < 4.78 is 15.5. The van der Waals surface area contributed by atoms with Gasteiger partial charge in [-0.25, -0.2) is 9.59 Å². The first kappa shape index (κ1) is 25.7. The minimum atomic E-state index is -0.719. The number of hydrogen-bond donors (Lipinski definition) is 1. The van der Waals surface area contributed by atoms with Crippen LogP contribution >= 0.6 is 23.2 Å². The number of hydrogen-bond acceptors (Lipinski definition) is 8. The van der Waals surface area contributed by atoms with Crippen LogP contribution in [0.25, 0.3) is 6.08 Å². The minimum Gasteiger partial charge on any atom is -0.482 e. The molecule has 190 valence electrons. The molecule has 37 heavy (non-hydrogen) atoms. The summed E-state index contributed by atoms with van der Waals surface area (Å²) in [6.07, 6.45) is 1.30. The van der Waals surface area contributed by atoms with E-state index in [1.807, 2.05) is 0 Å². The molecule has 1 fully saturated rings. The first-order chi connectivity index (χ1) is 17.7. The third-order valence-corrected chi connectivity index (χ3v) is 5.93. The van der Waals surface area contributed by atoms with E-state index in [4.69, 9.17) is 32.4 Å². The van der Waals surface area contributed by atoms with Gasteiger partial charge in [-0.1, -0.05) is 35.3 Å². The van der Waals surface area contributed by atoms with Crippen molar-refractivity contribution in [1.29, 1.82) is 0 Å². The number of carbonyl (C=O) groups excluding carboxylic acids is 3. The molecule has 4 rings (SSSR count). The van der Waals surface area contributed by atoms with Crippen molar-refractivity contribution in [2.45, 2.75) is 13.2 Å². The number of halogens is 2. The molecular weight excluding hydrogens is 529 g/mol. The van der Waals surface area contributed by atoms with Gasteiger partial charge in [-0.05, 0) is 47.5 Å². The van der Waals surface area contributed by atoms with Crippen molar-refractivity contribution in [1.82, 2.24) is 10.2 Å². The minimum absolute atomic E-state index is 0.000799. The van der Waals surface area contributed by atoms with Gasteiger partial charge in [-0.2, -0.15) is 0 Å². The number of nitrogens with one attached hydrogen (secondary N) is 1. The van der Waals surface area contributed by atoms with Crippen LogP contribution in [-0.4, -0.2) is 34.8 Å². The van der Waals surface area contributed by atoms with Crippen molar-refractivity contribution in [3.63, 3.8) is 0 Å². The predicted octanol–water partition coefficient (Wildman–Crippen LogP) is 4.95. The molecule has 2 aromatic carbocycles. The second-order valence-electron chi connectivity index (χ2n) is 7.66. The van der Waals surface area contributed by atoms with E-state index in [-0.39, 0.29) is 47.4 Å². The van der Waals surface area contributed by atoms with Crippen molar-refractivity contribution < 1.29 is 33.2 Å². The number of imide groups is 1. The average Bonchev–Trinajstić information content (AvgIpc) is 3.45. The number of urea groups is 1. The van der Waals surface area contributed by atoms with Crippen LogP contribution in [0.2, 0.25) is 10.0 Å². The number of esters is 1. The number of rotatable bonds is 8. The van der Waals surface area contributed by atoms with Gasteiger partial charge in [0.25, 0.3) is 5.91 Å². The molecule has 11 nitrogen and oxygen atoms in total. The molecule has 13 heteroatoms. The Morgan fingerprint density at radius 1 is 1.14 bits per heavy atom. The first-order valence-electron chi connectivity index (χ1n) is 10.5. The lowest BCUT2D eigenvalue weighted by Crippen LogP contribution is -2.30. The number of ether oxygens (including phenoxy) is 2. The van der Waals surface area contributed by atoms with E-state index >= 15 is 0 Å². The SMILES string of the molecule is COC(=O)c1ccc(CN2C(=O)N/C(=C\c3ccc(OCc4ccc(Cl)c(Cl)c4)c([N+](=O)[O-])c3)C2=O)o1. The molecule has 1 aromatic heterocycles. The van der Waals surface area contributed by atoms with Gasteiger partial charge < -0.3 is 19.2 Å². The maximum absolute atomic E-state index is 12.8. The summed E-state index contributed by atoms with van der Waals surface area (Å²) in [5, 5.41) is 14.8. The molecule has 1 aliphatic rings. The second-order valence-corrected chi connectivity index (χ2v) is 8.47. The topological polar surface area (TPSA) is 141 Å². The van der Waals surface area contributed by atoms with E-state index in [0.29, 0.717) is 15.6 Å². The third kappa shape index (κ3) is 5.74. The number of furan rings is 1. The van der Waals surface area contributed by atoms with Crippen LogP contribution in [0.15, 0.2) is 58.6 Å². The van der Waals surface area contributed by atoms with Crippen LogP contribution < -0.4 is 10.1 Å². The van der Waals surface area contributed by atoms with Gasteiger partial charge in [0.05, 0.1) is 28.6 Å². The third-order valence-electron chi connectivity index (χ3n) is 5.19. The second kappa shape index (κ2) is 10.7. The van der Waals surface area contributed by atoms with Crippen molar-refractivity contribution >= 4 is 52.9 Å². The number of nitro groups is 1. The molecule has 0 saturated carbocycles. The van der Waals surface area contributed by atoms with Gasteiger partial charge in [0.2, 0.25) is 5.76 Å².